The van der Waals surface area contributed by atoms with E-state index in [-0.39, 0.29) is 19.3 Å². The van der Waals surface area contributed by atoms with E-state index in [0.717, 1.165) is 5.56 Å². The van der Waals surface area contributed by atoms with Gasteiger partial charge in [0.15, 0.2) is 0 Å². The highest BCUT2D eigenvalue weighted by molar-refractivity contribution is 7.98. The topological polar surface area (TPSA) is 188 Å². The number of aliphatic carboxylic acids is 2. The highest BCUT2D eigenvalue weighted by atomic mass is 32.2. The van der Waals surface area contributed by atoms with Crippen molar-refractivity contribution in [2.24, 2.45) is 5.73 Å². The van der Waals surface area contributed by atoms with Crippen molar-refractivity contribution in [1.29, 1.82) is 0 Å². The summed E-state index contributed by atoms with van der Waals surface area (Å²) >= 11 is 1.43. The molecule has 188 valence electrons. The Morgan fingerprint density at radius 2 is 1.53 bits per heavy atom. The van der Waals surface area contributed by atoms with Gasteiger partial charge in [-0.2, -0.15) is 11.8 Å². The Balaban J connectivity index is 2.72. The Bertz CT molecular complexity index is 853. The molecule has 1 aromatic rings. The summed E-state index contributed by atoms with van der Waals surface area (Å²) in [5.41, 5.74) is 6.81. The maximum atomic E-state index is 12.6. The molecule has 34 heavy (non-hydrogen) atoms. The van der Waals surface area contributed by atoms with Gasteiger partial charge in [0.25, 0.3) is 0 Å². The molecule has 0 heterocycles. The molecule has 1 rings (SSSR count). The molecule has 12 heteroatoms. The van der Waals surface area contributed by atoms with Crippen LogP contribution in [-0.4, -0.2) is 76.0 Å². The monoisotopic (exact) mass is 496 g/mol. The zero-order valence-corrected chi connectivity index (χ0v) is 20.0. The molecule has 0 radical (unpaired) electrons. The highest BCUT2D eigenvalue weighted by Crippen LogP contribution is 2.05. The van der Waals surface area contributed by atoms with Crippen LogP contribution in [-0.2, 0) is 30.4 Å². The number of nitrogens with two attached hydrogens (primary N) is 1. The van der Waals surface area contributed by atoms with Crippen LogP contribution in [0.3, 0.4) is 0 Å². The number of carbonyl (C=O) groups is 5. The minimum atomic E-state index is -1.41. The molecule has 0 spiro atoms. The average molecular weight is 497 g/mol. The zero-order valence-electron chi connectivity index (χ0n) is 19.2. The summed E-state index contributed by atoms with van der Waals surface area (Å²) in [5.74, 6) is -4.00. The number of carbonyl (C=O) groups excluding carboxylic acids is 3. The van der Waals surface area contributed by atoms with Gasteiger partial charge >= 0.3 is 11.9 Å². The van der Waals surface area contributed by atoms with Crippen molar-refractivity contribution in [3.8, 4) is 0 Å². The number of benzene rings is 1. The molecule has 0 saturated carbocycles. The highest BCUT2D eigenvalue weighted by Gasteiger charge is 2.28. The Morgan fingerprint density at radius 1 is 0.912 bits per heavy atom. The van der Waals surface area contributed by atoms with Crippen LogP contribution in [0.25, 0.3) is 0 Å². The summed E-state index contributed by atoms with van der Waals surface area (Å²) in [5, 5.41) is 25.4. The summed E-state index contributed by atoms with van der Waals surface area (Å²) in [4.78, 5) is 59.8. The van der Waals surface area contributed by atoms with Crippen LogP contribution in [0.4, 0.5) is 0 Å². The van der Waals surface area contributed by atoms with Crippen molar-refractivity contribution < 1.29 is 34.2 Å². The van der Waals surface area contributed by atoms with Gasteiger partial charge in [-0.1, -0.05) is 30.3 Å². The fourth-order valence-corrected chi connectivity index (χ4v) is 3.42. The van der Waals surface area contributed by atoms with Crippen LogP contribution in [0.2, 0.25) is 0 Å². The van der Waals surface area contributed by atoms with Crippen LogP contribution in [0.1, 0.15) is 31.7 Å². The van der Waals surface area contributed by atoms with E-state index >= 15 is 0 Å². The fourth-order valence-electron chi connectivity index (χ4n) is 2.95. The number of nitrogens with one attached hydrogen (secondary N) is 3. The van der Waals surface area contributed by atoms with Gasteiger partial charge in [-0.05, 0) is 43.8 Å². The predicted octanol–water partition coefficient (Wildman–Crippen LogP) is -0.267. The molecule has 3 amide bonds. The largest absolute Gasteiger partial charge is 0.481 e. The Kier molecular flexibility index (Phi) is 12.7. The lowest BCUT2D eigenvalue weighted by atomic mass is 10.1. The lowest BCUT2D eigenvalue weighted by Crippen LogP contribution is -2.56. The molecule has 7 N–H and O–H groups in total. The standard InChI is InChI=1S/C22H32N4O7S/c1-13(24-20(30)15(23)12-14-6-4-3-5-7-14)19(29)25-16(10-11-34-2)21(31)26-17(22(32)33)8-9-18(27)28/h3-7,13,15-17H,8-12,23H2,1-2H3,(H,24,30)(H,25,29)(H,26,31)(H,27,28)(H,32,33). The summed E-state index contributed by atoms with van der Waals surface area (Å²) in [6, 6.07) is 4.81. The van der Waals surface area contributed by atoms with Crippen LogP contribution < -0.4 is 21.7 Å². The molecule has 1 aromatic carbocycles. The van der Waals surface area contributed by atoms with E-state index in [1.165, 1.54) is 18.7 Å². The van der Waals surface area contributed by atoms with Crippen molar-refractivity contribution in [1.82, 2.24) is 16.0 Å². The molecule has 0 saturated heterocycles. The van der Waals surface area contributed by atoms with E-state index in [1.807, 2.05) is 30.3 Å². The lowest BCUT2D eigenvalue weighted by molar-refractivity contribution is -0.143. The lowest BCUT2D eigenvalue weighted by Gasteiger charge is -2.23. The number of thioether (sulfide) groups is 1. The van der Waals surface area contributed by atoms with Gasteiger partial charge in [0, 0.05) is 6.42 Å². The predicted molar refractivity (Wildman–Crippen MR) is 127 cm³/mol. The van der Waals surface area contributed by atoms with Crippen LogP contribution in [0.15, 0.2) is 30.3 Å². The van der Waals surface area contributed by atoms with E-state index in [0.29, 0.717) is 5.75 Å². The zero-order chi connectivity index (χ0) is 25.7. The third-order valence-electron chi connectivity index (χ3n) is 4.89. The minimum Gasteiger partial charge on any atom is -0.481 e. The van der Waals surface area contributed by atoms with Gasteiger partial charge < -0.3 is 31.9 Å². The van der Waals surface area contributed by atoms with Gasteiger partial charge in [-0.3, -0.25) is 19.2 Å². The van der Waals surface area contributed by atoms with Gasteiger partial charge in [-0.15, -0.1) is 0 Å². The third-order valence-corrected chi connectivity index (χ3v) is 5.54. The molecule has 0 aliphatic heterocycles. The molecule has 0 aliphatic carbocycles. The third kappa shape index (κ3) is 10.7. The quantitative estimate of drug-likeness (QED) is 0.190. The van der Waals surface area contributed by atoms with Crippen LogP contribution in [0, 0.1) is 0 Å². The van der Waals surface area contributed by atoms with Gasteiger partial charge in [0.05, 0.1) is 6.04 Å². The molecule has 0 bridgehead atoms. The SMILES string of the molecule is CSCCC(NC(=O)C(C)NC(=O)C(N)Cc1ccccc1)C(=O)NC(CCC(=O)O)C(=O)O. The average Bonchev–Trinajstić information content (AvgIpc) is 2.79. The summed E-state index contributed by atoms with van der Waals surface area (Å²) in [6.45, 7) is 1.44. The van der Waals surface area contributed by atoms with Crippen molar-refractivity contribution in [3.63, 3.8) is 0 Å². The second-order valence-electron chi connectivity index (χ2n) is 7.70. The normalized spacial score (nSPS) is 14.2. The summed E-state index contributed by atoms with van der Waals surface area (Å²) < 4.78 is 0. The maximum absolute atomic E-state index is 12.6. The molecule has 11 nitrogen and oxygen atoms in total. The van der Waals surface area contributed by atoms with Crippen LogP contribution >= 0.6 is 11.8 Å². The van der Waals surface area contributed by atoms with Crippen molar-refractivity contribution in [2.45, 2.75) is 56.8 Å². The second-order valence-corrected chi connectivity index (χ2v) is 8.69. The summed E-state index contributed by atoms with van der Waals surface area (Å²) in [6.07, 6.45) is 1.56. The fraction of sp³-hybridized carbons (Fsp3) is 0.500. The first-order valence-corrected chi connectivity index (χ1v) is 12.1. The first kappa shape index (κ1) is 28.9. The van der Waals surface area contributed by atoms with E-state index in [9.17, 15) is 29.1 Å². The van der Waals surface area contributed by atoms with Crippen molar-refractivity contribution >= 4 is 41.4 Å². The van der Waals surface area contributed by atoms with Crippen molar-refractivity contribution in [2.75, 3.05) is 12.0 Å². The Morgan fingerprint density at radius 3 is 2.09 bits per heavy atom. The molecular weight excluding hydrogens is 464 g/mol. The smallest absolute Gasteiger partial charge is 0.326 e. The van der Waals surface area contributed by atoms with Gasteiger partial charge in [0.2, 0.25) is 17.7 Å². The van der Waals surface area contributed by atoms with E-state index in [2.05, 4.69) is 16.0 Å². The van der Waals surface area contributed by atoms with E-state index in [4.69, 9.17) is 10.8 Å². The van der Waals surface area contributed by atoms with E-state index in [1.54, 1.807) is 6.26 Å². The molecule has 0 fully saturated rings. The number of carboxylic acids is 2. The molecule has 4 atom stereocenters. The van der Waals surface area contributed by atoms with Crippen LogP contribution in [0.5, 0.6) is 0 Å². The molecule has 0 aromatic heterocycles. The number of hydrogen-bond acceptors (Lipinski definition) is 7. The molecular formula is C22H32N4O7S. The first-order valence-electron chi connectivity index (χ1n) is 10.7. The van der Waals surface area contributed by atoms with Gasteiger partial charge in [0.1, 0.15) is 18.1 Å². The molecule has 4 unspecified atom stereocenters. The second kappa shape index (κ2) is 14.9. The molecule has 0 aliphatic rings. The minimum absolute atomic E-state index is 0.207. The Hall–Kier alpha value is -3.12. The number of rotatable bonds is 15. The number of amides is 3. The Labute approximate surface area is 202 Å². The number of hydrogen-bond donors (Lipinski definition) is 6. The van der Waals surface area contributed by atoms with Crippen molar-refractivity contribution in [3.05, 3.63) is 35.9 Å². The van der Waals surface area contributed by atoms with E-state index < -0.39 is 60.2 Å². The summed E-state index contributed by atoms with van der Waals surface area (Å²) in [7, 11) is 0. The number of carboxylic acid groups (broad SMARTS) is 2. The maximum Gasteiger partial charge on any atom is 0.326 e. The van der Waals surface area contributed by atoms with Gasteiger partial charge in [-0.25, -0.2) is 4.79 Å². The first-order chi connectivity index (χ1) is 16.0.